The van der Waals surface area contributed by atoms with E-state index in [1.165, 1.54) is 15.9 Å². The van der Waals surface area contributed by atoms with Crippen molar-refractivity contribution in [1.82, 2.24) is 14.6 Å². The van der Waals surface area contributed by atoms with Crippen LogP contribution in [0.2, 0.25) is 0 Å². The van der Waals surface area contributed by atoms with Crippen LogP contribution >= 0.6 is 11.3 Å². The highest BCUT2D eigenvalue weighted by Crippen LogP contribution is 2.29. The van der Waals surface area contributed by atoms with E-state index in [4.69, 9.17) is 9.47 Å². The lowest BCUT2D eigenvalue weighted by atomic mass is 10.0. The monoisotopic (exact) mass is 445 g/mol. The molecule has 7 heteroatoms. The molecule has 1 aliphatic rings. The fourth-order valence-corrected chi connectivity index (χ4v) is 4.47. The lowest BCUT2D eigenvalue weighted by Gasteiger charge is -2.22. The lowest BCUT2D eigenvalue weighted by Crippen LogP contribution is -2.26. The maximum absolute atomic E-state index is 13.0. The minimum atomic E-state index is -0.171. The van der Waals surface area contributed by atoms with Crippen molar-refractivity contribution >= 4 is 28.4 Å². The first kappa shape index (κ1) is 20.5. The molecule has 0 spiro atoms. The minimum absolute atomic E-state index is 0.139. The molecule has 4 aromatic rings. The summed E-state index contributed by atoms with van der Waals surface area (Å²) in [4.78, 5) is 18.1. The van der Waals surface area contributed by atoms with Gasteiger partial charge in [-0.05, 0) is 61.4 Å². The fourth-order valence-electron chi connectivity index (χ4n) is 3.56. The third-order valence-electron chi connectivity index (χ3n) is 5.37. The first-order chi connectivity index (χ1) is 15.6. The Morgan fingerprint density at radius 2 is 2.00 bits per heavy atom. The van der Waals surface area contributed by atoms with Crippen LogP contribution in [-0.4, -0.2) is 27.3 Å². The van der Waals surface area contributed by atoms with Crippen molar-refractivity contribution in [2.45, 2.75) is 32.8 Å². The summed E-state index contributed by atoms with van der Waals surface area (Å²) < 4.78 is 13.7. The van der Waals surface area contributed by atoms with Crippen LogP contribution in [0.4, 0.5) is 0 Å². The number of ether oxygens (including phenoxy) is 2. The molecule has 162 valence electrons. The highest BCUT2D eigenvalue weighted by Gasteiger charge is 2.18. The third kappa shape index (κ3) is 3.91. The minimum Gasteiger partial charge on any atom is -0.494 e. The zero-order chi connectivity index (χ0) is 22.1. The van der Waals surface area contributed by atoms with Gasteiger partial charge in [-0.25, -0.2) is 0 Å². The molecule has 1 atom stereocenters. The Kier molecular flexibility index (Phi) is 5.49. The number of thiazole rings is 1. The molecule has 0 radical (unpaired) electrons. The number of para-hydroxylation sites is 1. The lowest BCUT2D eigenvalue weighted by molar-refractivity contribution is 0.259. The molecule has 0 unspecified atom stereocenters. The van der Waals surface area contributed by atoms with Gasteiger partial charge in [0.2, 0.25) is 4.96 Å². The van der Waals surface area contributed by atoms with Crippen molar-refractivity contribution < 1.29 is 9.47 Å². The second kappa shape index (κ2) is 8.59. The van der Waals surface area contributed by atoms with E-state index in [9.17, 15) is 4.79 Å². The van der Waals surface area contributed by atoms with Gasteiger partial charge in [-0.1, -0.05) is 42.9 Å². The predicted molar refractivity (Wildman–Crippen MR) is 127 cm³/mol. The molecule has 0 saturated carbocycles. The summed E-state index contributed by atoms with van der Waals surface area (Å²) >= 11 is 1.33. The zero-order valence-electron chi connectivity index (χ0n) is 17.9. The zero-order valence-corrected chi connectivity index (χ0v) is 18.8. The normalized spacial score (nSPS) is 16.0. The molecule has 6 nitrogen and oxygen atoms in total. The summed E-state index contributed by atoms with van der Waals surface area (Å²) in [6.07, 6.45) is 5.93. The molecule has 0 aliphatic carbocycles. The first-order valence-corrected chi connectivity index (χ1v) is 11.6. The van der Waals surface area contributed by atoms with E-state index in [1.807, 2.05) is 61.5 Å². The number of hydrogen-bond donors (Lipinski definition) is 0. The van der Waals surface area contributed by atoms with E-state index in [0.29, 0.717) is 21.9 Å². The summed E-state index contributed by atoms with van der Waals surface area (Å²) in [6, 6.07) is 15.5. The highest BCUT2D eigenvalue weighted by atomic mass is 32.1. The van der Waals surface area contributed by atoms with Crippen LogP contribution in [0.3, 0.4) is 0 Å². The summed E-state index contributed by atoms with van der Waals surface area (Å²) in [7, 11) is 0. The number of nitrogens with zero attached hydrogens (tertiary/aromatic N) is 3. The summed E-state index contributed by atoms with van der Waals surface area (Å²) in [5, 5.41) is 4.45. The number of benzene rings is 2. The molecular formula is C25H23N3O3S. The molecule has 0 N–H and O–H groups in total. The Bertz CT molecular complexity index is 1400. The number of aromatic nitrogens is 3. The van der Waals surface area contributed by atoms with Crippen molar-refractivity contribution in [3.8, 4) is 22.9 Å². The Morgan fingerprint density at radius 3 is 2.78 bits per heavy atom. The Morgan fingerprint density at radius 1 is 1.19 bits per heavy atom. The van der Waals surface area contributed by atoms with Gasteiger partial charge in [-0.3, -0.25) is 4.79 Å². The predicted octanol–water partition coefficient (Wildman–Crippen LogP) is 4.36. The molecule has 3 heterocycles. The van der Waals surface area contributed by atoms with Gasteiger partial charge in [0.15, 0.2) is 5.82 Å². The van der Waals surface area contributed by atoms with Gasteiger partial charge < -0.3 is 9.47 Å². The van der Waals surface area contributed by atoms with Crippen molar-refractivity contribution in [3.05, 3.63) is 74.6 Å². The average molecular weight is 446 g/mol. The van der Waals surface area contributed by atoms with Crippen LogP contribution in [0, 0.1) is 0 Å². The third-order valence-corrected chi connectivity index (χ3v) is 6.33. The van der Waals surface area contributed by atoms with Gasteiger partial charge in [0.25, 0.3) is 5.56 Å². The highest BCUT2D eigenvalue weighted by molar-refractivity contribution is 7.15. The van der Waals surface area contributed by atoms with Crippen molar-refractivity contribution in [2.75, 3.05) is 6.61 Å². The van der Waals surface area contributed by atoms with Gasteiger partial charge in [0, 0.05) is 11.1 Å². The topological polar surface area (TPSA) is 65.7 Å². The number of unbranched alkanes of at least 4 members (excludes halogenated alkanes) is 1. The largest absolute Gasteiger partial charge is 0.494 e. The maximum atomic E-state index is 13.0. The van der Waals surface area contributed by atoms with E-state index >= 15 is 0 Å². The van der Waals surface area contributed by atoms with Gasteiger partial charge in [0.1, 0.15) is 17.6 Å². The molecular weight excluding hydrogens is 422 g/mol. The van der Waals surface area contributed by atoms with Gasteiger partial charge in [-0.15, -0.1) is 5.10 Å². The molecule has 0 amide bonds. The molecule has 32 heavy (non-hydrogen) atoms. The fraction of sp³-hybridized carbons (Fsp3) is 0.240. The van der Waals surface area contributed by atoms with Crippen LogP contribution in [0.1, 0.15) is 32.3 Å². The Hall–Kier alpha value is -3.45. The number of fused-ring (bicyclic) bond motifs is 2. The second-order valence-electron chi connectivity index (χ2n) is 7.71. The van der Waals surface area contributed by atoms with E-state index in [2.05, 4.69) is 23.1 Å². The maximum Gasteiger partial charge on any atom is 0.291 e. The van der Waals surface area contributed by atoms with E-state index < -0.39 is 0 Å². The van der Waals surface area contributed by atoms with Crippen molar-refractivity contribution in [1.29, 1.82) is 0 Å². The van der Waals surface area contributed by atoms with Crippen molar-refractivity contribution in [3.63, 3.8) is 0 Å². The Labute approximate surface area is 189 Å². The molecule has 0 saturated heterocycles. The van der Waals surface area contributed by atoms with Gasteiger partial charge in [0.05, 0.1) is 11.1 Å². The summed E-state index contributed by atoms with van der Waals surface area (Å²) in [6.45, 7) is 4.82. The van der Waals surface area contributed by atoms with Crippen LogP contribution in [0.15, 0.2) is 58.9 Å². The standard InChI is InChI=1S/C25H23N3O3S/c1-3-4-13-30-20-11-9-17(10-12-20)23-26-25-28(27-23)24(29)22(32-25)15-19-14-18-7-5-6-8-21(18)31-16(19)2/h5-12,14-16H,3-4,13H2,1-2H3/b22-15+/t16-/m1/s1. The van der Waals surface area contributed by atoms with Gasteiger partial charge in [-0.2, -0.15) is 9.50 Å². The molecule has 2 aromatic heterocycles. The quantitative estimate of drug-likeness (QED) is 0.413. The average Bonchev–Trinajstić information content (AvgIpc) is 3.34. The number of hydrogen-bond acceptors (Lipinski definition) is 6. The summed E-state index contributed by atoms with van der Waals surface area (Å²) in [5.41, 5.74) is 2.63. The molecule has 1 aliphatic heterocycles. The van der Waals surface area contributed by atoms with Crippen LogP contribution in [0.25, 0.3) is 28.5 Å². The van der Waals surface area contributed by atoms with Crippen LogP contribution < -0.4 is 19.6 Å². The van der Waals surface area contributed by atoms with E-state index in [0.717, 1.165) is 41.0 Å². The molecule has 0 fully saturated rings. The summed E-state index contributed by atoms with van der Waals surface area (Å²) in [5.74, 6) is 2.21. The van der Waals surface area contributed by atoms with Crippen molar-refractivity contribution in [2.24, 2.45) is 0 Å². The van der Waals surface area contributed by atoms with Gasteiger partial charge >= 0.3 is 0 Å². The molecule has 0 bridgehead atoms. The van der Waals surface area contributed by atoms with E-state index in [-0.39, 0.29) is 11.7 Å². The Balaban J connectivity index is 1.44. The first-order valence-electron chi connectivity index (χ1n) is 10.7. The number of rotatable bonds is 6. The van der Waals surface area contributed by atoms with Crippen LogP contribution in [0.5, 0.6) is 11.5 Å². The molecule has 5 rings (SSSR count). The second-order valence-corrected chi connectivity index (χ2v) is 8.72. The SMILES string of the molecule is CCCCOc1ccc(-c2nc3s/c(=C/C4=Cc5ccccc5O[C@@H]4C)c(=O)n3n2)cc1. The van der Waals surface area contributed by atoms with Crippen LogP contribution in [-0.2, 0) is 0 Å². The smallest absolute Gasteiger partial charge is 0.291 e. The van der Waals surface area contributed by atoms with E-state index in [1.54, 1.807) is 0 Å². The molecule has 2 aromatic carbocycles.